The highest BCUT2D eigenvalue weighted by atomic mass is 35.5. The van der Waals surface area contributed by atoms with Crippen molar-refractivity contribution in [1.29, 1.82) is 0 Å². The number of ether oxygens (including phenoxy) is 1. The van der Waals surface area contributed by atoms with Crippen LogP contribution in [-0.2, 0) is 11.3 Å². The fourth-order valence-corrected chi connectivity index (χ4v) is 2.15. The van der Waals surface area contributed by atoms with Crippen LogP contribution < -0.4 is 15.4 Å². The minimum Gasteiger partial charge on any atom is -0.497 e. The van der Waals surface area contributed by atoms with Crippen LogP contribution in [-0.4, -0.2) is 19.6 Å². The first kappa shape index (κ1) is 16.2. The minimum absolute atomic E-state index is 0.00429. The Morgan fingerprint density at radius 2 is 1.86 bits per heavy atom. The van der Waals surface area contributed by atoms with Crippen LogP contribution >= 0.6 is 11.6 Å². The molecule has 2 aromatic carbocycles. The predicted octanol–water partition coefficient (Wildman–Crippen LogP) is 3.47. The second-order valence-electron chi connectivity index (χ2n) is 4.78. The molecule has 2 rings (SSSR count). The van der Waals surface area contributed by atoms with Crippen molar-refractivity contribution in [3.05, 3.63) is 59.1 Å². The summed E-state index contributed by atoms with van der Waals surface area (Å²) in [7, 11) is 1.63. The average molecular weight is 319 g/mol. The van der Waals surface area contributed by atoms with Crippen LogP contribution in [0.4, 0.5) is 5.69 Å². The highest BCUT2D eigenvalue weighted by Crippen LogP contribution is 2.20. The molecule has 2 aromatic rings. The second kappa shape index (κ2) is 8.29. The van der Waals surface area contributed by atoms with Crippen molar-refractivity contribution < 1.29 is 9.53 Å². The summed E-state index contributed by atoms with van der Waals surface area (Å²) in [6.45, 7) is 1.05. The Hall–Kier alpha value is -2.20. The Kier molecular flexibility index (Phi) is 6.10. The lowest BCUT2D eigenvalue weighted by molar-refractivity contribution is -0.121. The van der Waals surface area contributed by atoms with Crippen LogP contribution in [0.1, 0.15) is 12.0 Å². The van der Waals surface area contributed by atoms with Crippen molar-refractivity contribution in [2.24, 2.45) is 0 Å². The molecule has 0 atom stereocenters. The highest BCUT2D eigenvalue weighted by molar-refractivity contribution is 6.33. The SMILES string of the molecule is COc1ccc(CNC(=O)CCNc2ccccc2Cl)cc1. The lowest BCUT2D eigenvalue weighted by Crippen LogP contribution is -2.24. The molecule has 0 aliphatic carbocycles. The van der Waals surface area contributed by atoms with Crippen molar-refractivity contribution >= 4 is 23.2 Å². The van der Waals surface area contributed by atoms with E-state index in [2.05, 4.69) is 10.6 Å². The summed E-state index contributed by atoms with van der Waals surface area (Å²) >= 11 is 6.03. The van der Waals surface area contributed by atoms with Gasteiger partial charge in [0.25, 0.3) is 0 Å². The van der Waals surface area contributed by atoms with Gasteiger partial charge in [0.05, 0.1) is 17.8 Å². The number of carbonyl (C=O) groups is 1. The van der Waals surface area contributed by atoms with E-state index in [1.165, 1.54) is 0 Å². The van der Waals surface area contributed by atoms with E-state index in [4.69, 9.17) is 16.3 Å². The Balaban J connectivity index is 1.70. The number of para-hydroxylation sites is 1. The molecular formula is C17H19ClN2O2. The molecule has 0 aromatic heterocycles. The minimum atomic E-state index is -0.00429. The molecule has 2 N–H and O–H groups in total. The fraction of sp³-hybridized carbons (Fsp3) is 0.235. The quantitative estimate of drug-likeness (QED) is 0.822. The van der Waals surface area contributed by atoms with Gasteiger partial charge in [0.1, 0.15) is 5.75 Å². The predicted molar refractivity (Wildman–Crippen MR) is 89.4 cm³/mol. The molecule has 0 heterocycles. The largest absolute Gasteiger partial charge is 0.497 e. The number of carbonyl (C=O) groups excluding carboxylic acids is 1. The van der Waals surface area contributed by atoms with Crippen molar-refractivity contribution in [3.8, 4) is 5.75 Å². The van der Waals surface area contributed by atoms with Crippen LogP contribution in [0.3, 0.4) is 0 Å². The van der Waals surface area contributed by atoms with Gasteiger partial charge in [-0.05, 0) is 29.8 Å². The standard InChI is InChI=1S/C17H19ClN2O2/c1-22-14-8-6-13(7-9-14)12-20-17(21)10-11-19-16-5-3-2-4-15(16)18/h2-9,19H,10-12H2,1H3,(H,20,21). The summed E-state index contributed by atoms with van der Waals surface area (Å²) in [4.78, 5) is 11.8. The maximum atomic E-state index is 11.8. The van der Waals surface area contributed by atoms with E-state index in [0.717, 1.165) is 17.0 Å². The number of benzene rings is 2. The second-order valence-corrected chi connectivity index (χ2v) is 5.19. The van der Waals surface area contributed by atoms with Crippen molar-refractivity contribution in [1.82, 2.24) is 5.32 Å². The van der Waals surface area contributed by atoms with Crippen molar-refractivity contribution in [2.45, 2.75) is 13.0 Å². The van der Waals surface area contributed by atoms with Gasteiger partial charge in [-0.1, -0.05) is 35.9 Å². The van der Waals surface area contributed by atoms with Gasteiger partial charge in [0.15, 0.2) is 0 Å². The summed E-state index contributed by atoms with van der Waals surface area (Å²) in [6, 6.07) is 15.1. The normalized spacial score (nSPS) is 10.1. The monoisotopic (exact) mass is 318 g/mol. The number of nitrogens with one attached hydrogen (secondary N) is 2. The number of methoxy groups -OCH3 is 1. The summed E-state index contributed by atoms with van der Waals surface area (Å²) in [5, 5.41) is 6.69. The van der Waals surface area contributed by atoms with Crippen molar-refractivity contribution in [3.63, 3.8) is 0 Å². The fourth-order valence-electron chi connectivity index (χ4n) is 1.95. The smallest absolute Gasteiger partial charge is 0.222 e. The van der Waals surface area contributed by atoms with E-state index in [1.807, 2.05) is 48.5 Å². The Labute approximate surface area is 135 Å². The first-order valence-corrected chi connectivity index (χ1v) is 7.45. The first-order valence-electron chi connectivity index (χ1n) is 7.07. The zero-order valence-corrected chi connectivity index (χ0v) is 13.2. The van der Waals surface area contributed by atoms with Crippen LogP contribution in [0.15, 0.2) is 48.5 Å². The molecule has 0 saturated heterocycles. The molecule has 0 aliphatic heterocycles. The van der Waals surface area contributed by atoms with Crippen LogP contribution in [0.2, 0.25) is 5.02 Å². The van der Waals surface area contributed by atoms with E-state index in [1.54, 1.807) is 7.11 Å². The molecule has 0 fully saturated rings. The summed E-state index contributed by atoms with van der Waals surface area (Å²) in [5.74, 6) is 0.800. The Morgan fingerprint density at radius 3 is 2.55 bits per heavy atom. The summed E-state index contributed by atoms with van der Waals surface area (Å²) in [5.41, 5.74) is 1.88. The summed E-state index contributed by atoms with van der Waals surface area (Å²) in [6.07, 6.45) is 0.390. The average Bonchev–Trinajstić information content (AvgIpc) is 2.55. The number of amides is 1. The van der Waals surface area contributed by atoms with Crippen LogP contribution in [0.25, 0.3) is 0 Å². The molecule has 116 valence electrons. The van der Waals surface area contributed by atoms with E-state index in [9.17, 15) is 4.79 Å². The zero-order chi connectivity index (χ0) is 15.8. The topological polar surface area (TPSA) is 50.4 Å². The number of hydrogen-bond acceptors (Lipinski definition) is 3. The zero-order valence-electron chi connectivity index (χ0n) is 12.4. The maximum absolute atomic E-state index is 11.8. The third-order valence-electron chi connectivity index (χ3n) is 3.19. The van der Waals surface area contributed by atoms with Gasteiger partial charge in [0, 0.05) is 19.5 Å². The van der Waals surface area contributed by atoms with E-state index >= 15 is 0 Å². The highest BCUT2D eigenvalue weighted by Gasteiger charge is 2.03. The van der Waals surface area contributed by atoms with E-state index in [-0.39, 0.29) is 5.91 Å². The molecule has 22 heavy (non-hydrogen) atoms. The number of anilines is 1. The first-order chi connectivity index (χ1) is 10.7. The molecule has 1 amide bonds. The van der Waals surface area contributed by atoms with Crippen LogP contribution in [0.5, 0.6) is 5.75 Å². The molecule has 4 nitrogen and oxygen atoms in total. The van der Waals surface area contributed by atoms with Gasteiger partial charge >= 0.3 is 0 Å². The Morgan fingerprint density at radius 1 is 1.14 bits per heavy atom. The molecule has 0 saturated carbocycles. The third-order valence-corrected chi connectivity index (χ3v) is 3.52. The number of rotatable bonds is 7. The van der Waals surface area contributed by atoms with Crippen molar-refractivity contribution in [2.75, 3.05) is 19.0 Å². The molecule has 0 aliphatic rings. The molecule has 0 spiro atoms. The maximum Gasteiger partial charge on any atom is 0.222 e. The van der Waals surface area contributed by atoms with Gasteiger partial charge in [-0.25, -0.2) is 0 Å². The van der Waals surface area contributed by atoms with Gasteiger partial charge < -0.3 is 15.4 Å². The third kappa shape index (κ3) is 4.97. The van der Waals surface area contributed by atoms with Gasteiger partial charge in [0.2, 0.25) is 5.91 Å². The summed E-state index contributed by atoms with van der Waals surface area (Å²) < 4.78 is 5.09. The Bertz CT molecular complexity index is 614. The lowest BCUT2D eigenvalue weighted by Gasteiger charge is -2.09. The lowest BCUT2D eigenvalue weighted by atomic mass is 10.2. The molecule has 0 unspecified atom stereocenters. The van der Waals surface area contributed by atoms with E-state index in [0.29, 0.717) is 24.5 Å². The van der Waals surface area contributed by atoms with Crippen LogP contribution in [0, 0.1) is 0 Å². The molecule has 5 heteroatoms. The molecule has 0 radical (unpaired) electrons. The van der Waals surface area contributed by atoms with Gasteiger partial charge in [-0.15, -0.1) is 0 Å². The van der Waals surface area contributed by atoms with Gasteiger partial charge in [-0.2, -0.15) is 0 Å². The van der Waals surface area contributed by atoms with E-state index < -0.39 is 0 Å². The number of halogens is 1. The molecule has 0 bridgehead atoms. The van der Waals surface area contributed by atoms with Gasteiger partial charge in [-0.3, -0.25) is 4.79 Å². The molecular weight excluding hydrogens is 300 g/mol. The number of hydrogen-bond donors (Lipinski definition) is 2.